The monoisotopic (exact) mass is 492 g/mol. The van der Waals surface area contributed by atoms with Crippen molar-refractivity contribution in [2.45, 2.75) is 12.5 Å². The van der Waals surface area contributed by atoms with Crippen LogP contribution in [0.5, 0.6) is 0 Å². The van der Waals surface area contributed by atoms with Gasteiger partial charge >= 0.3 is 6.09 Å². The van der Waals surface area contributed by atoms with Gasteiger partial charge in [0.2, 0.25) is 5.95 Å². The van der Waals surface area contributed by atoms with Crippen LogP contribution in [0.25, 0.3) is 11.1 Å². The van der Waals surface area contributed by atoms with E-state index < -0.39 is 23.8 Å². The number of alkyl carbamates (subject to hydrolysis) is 1. The molecule has 0 spiro atoms. The van der Waals surface area contributed by atoms with Gasteiger partial charge < -0.3 is 20.2 Å². The van der Waals surface area contributed by atoms with Crippen molar-refractivity contribution >= 4 is 23.7 Å². The van der Waals surface area contributed by atoms with Crippen LogP contribution in [-0.4, -0.2) is 77.9 Å². The number of amides is 1. The molecule has 0 unspecified atom stereocenters. The molecule has 4 rings (SSSR count). The fourth-order valence-electron chi connectivity index (χ4n) is 3.49. The van der Waals surface area contributed by atoms with E-state index >= 15 is 0 Å². The Morgan fingerprint density at radius 3 is 2.63 bits per heavy atom. The summed E-state index contributed by atoms with van der Waals surface area (Å²) in [5.74, 6) is -3.31. The van der Waals surface area contributed by atoms with E-state index in [9.17, 15) is 18.0 Å². The first kappa shape index (κ1) is 24.2. The highest BCUT2D eigenvalue weighted by Crippen LogP contribution is 2.27. The van der Waals surface area contributed by atoms with Crippen molar-refractivity contribution in [3.05, 3.63) is 42.0 Å². The van der Waals surface area contributed by atoms with Crippen LogP contribution < -0.4 is 16.0 Å². The Labute approximate surface area is 198 Å². The second-order valence-electron chi connectivity index (χ2n) is 8.08. The van der Waals surface area contributed by atoms with Gasteiger partial charge in [0.15, 0.2) is 5.96 Å². The van der Waals surface area contributed by atoms with Crippen LogP contribution in [0.15, 0.2) is 35.7 Å². The number of oxime groups is 1. The Bertz CT molecular complexity index is 1110. The normalized spacial score (nSPS) is 16.7. The van der Waals surface area contributed by atoms with Crippen LogP contribution in [0.4, 0.5) is 23.9 Å². The summed E-state index contributed by atoms with van der Waals surface area (Å²) in [6, 6.07) is 4.64. The lowest BCUT2D eigenvalue weighted by atomic mass is 10.1. The third kappa shape index (κ3) is 6.15. The predicted molar refractivity (Wildman–Crippen MR) is 120 cm³/mol. The molecule has 0 radical (unpaired) electrons. The number of anilines is 1. The molecule has 4 N–H and O–H groups in total. The van der Waals surface area contributed by atoms with Crippen molar-refractivity contribution in [3.8, 4) is 11.1 Å². The number of hydrogen-bond acceptors (Lipinski definition) is 9. The molecule has 14 heteroatoms. The Kier molecular flexibility index (Phi) is 7.00. The standard InChI is InChI=1S/C21H23F3N8O3/c22-17-13(10-34-20(33)29-18(25)26)2-1-3-16(17)14-6-27-19(28-7-14)32-8-15(9-32)30-35-5-4-31-11-21(23,24)12-31/h1-3,6-7H,4-5,8-12H2,(H4,25,26,29,33). The lowest BCUT2D eigenvalue weighted by molar-refractivity contribution is -0.134. The molecule has 0 saturated carbocycles. The highest BCUT2D eigenvalue weighted by atomic mass is 19.3. The summed E-state index contributed by atoms with van der Waals surface area (Å²) < 4.78 is 45.3. The highest BCUT2D eigenvalue weighted by molar-refractivity contribution is 5.98. The number of carbonyl (C=O) groups is 1. The first-order chi connectivity index (χ1) is 16.7. The van der Waals surface area contributed by atoms with Gasteiger partial charge in [0, 0.05) is 35.6 Å². The van der Waals surface area contributed by atoms with E-state index in [1.54, 1.807) is 17.0 Å². The van der Waals surface area contributed by atoms with Crippen molar-refractivity contribution in [1.29, 1.82) is 5.41 Å². The van der Waals surface area contributed by atoms with Crippen molar-refractivity contribution in [2.24, 2.45) is 10.9 Å². The molecule has 3 heterocycles. The van der Waals surface area contributed by atoms with Gasteiger partial charge in [0.25, 0.3) is 5.92 Å². The zero-order chi connectivity index (χ0) is 25.0. The smallest absolute Gasteiger partial charge is 0.414 e. The minimum atomic E-state index is -2.59. The quantitative estimate of drug-likeness (QED) is 0.218. The van der Waals surface area contributed by atoms with Gasteiger partial charge in [-0.2, -0.15) is 0 Å². The summed E-state index contributed by atoms with van der Waals surface area (Å²) in [5.41, 5.74) is 6.64. The molecule has 0 bridgehead atoms. The van der Waals surface area contributed by atoms with Crippen molar-refractivity contribution in [2.75, 3.05) is 44.2 Å². The Morgan fingerprint density at radius 2 is 1.97 bits per heavy atom. The molecule has 2 saturated heterocycles. The molecule has 11 nitrogen and oxygen atoms in total. The topological polar surface area (TPSA) is 142 Å². The molecule has 2 fully saturated rings. The minimum Gasteiger partial charge on any atom is -0.444 e. The largest absolute Gasteiger partial charge is 0.444 e. The Balaban J connectivity index is 1.26. The molecule has 2 aromatic rings. The molecular weight excluding hydrogens is 469 g/mol. The number of rotatable bonds is 8. The number of ether oxygens (including phenoxy) is 1. The zero-order valence-electron chi connectivity index (χ0n) is 18.5. The van der Waals surface area contributed by atoms with Gasteiger partial charge in [-0.1, -0.05) is 23.4 Å². The van der Waals surface area contributed by atoms with Gasteiger partial charge in [-0.3, -0.25) is 15.6 Å². The summed E-state index contributed by atoms with van der Waals surface area (Å²) in [7, 11) is 0. The number of nitrogens with two attached hydrogens (primary N) is 1. The lowest BCUT2D eigenvalue weighted by Gasteiger charge is -2.38. The first-order valence-electron chi connectivity index (χ1n) is 10.6. The average molecular weight is 492 g/mol. The van der Waals surface area contributed by atoms with Crippen LogP contribution in [0, 0.1) is 11.2 Å². The van der Waals surface area contributed by atoms with Crippen LogP contribution in [0.3, 0.4) is 0 Å². The van der Waals surface area contributed by atoms with Gasteiger partial charge in [0.1, 0.15) is 19.0 Å². The molecule has 1 aromatic heterocycles. The summed E-state index contributed by atoms with van der Waals surface area (Å²) in [4.78, 5) is 28.6. The van der Waals surface area contributed by atoms with E-state index in [1.165, 1.54) is 18.5 Å². The van der Waals surface area contributed by atoms with E-state index in [4.69, 9.17) is 20.7 Å². The van der Waals surface area contributed by atoms with Crippen LogP contribution in [0.1, 0.15) is 5.56 Å². The Morgan fingerprint density at radius 1 is 1.26 bits per heavy atom. The van der Waals surface area contributed by atoms with Gasteiger partial charge in [0.05, 0.1) is 31.9 Å². The number of halogens is 3. The Hall–Kier alpha value is -3.94. The fourth-order valence-corrected chi connectivity index (χ4v) is 3.49. The average Bonchev–Trinajstić information content (AvgIpc) is 2.75. The first-order valence-corrected chi connectivity index (χ1v) is 10.6. The molecule has 2 aliphatic rings. The van der Waals surface area contributed by atoms with Gasteiger partial charge in [-0.05, 0) is 0 Å². The second-order valence-corrected chi connectivity index (χ2v) is 8.08. The summed E-state index contributed by atoms with van der Waals surface area (Å²) in [5, 5.41) is 12.9. The third-order valence-corrected chi connectivity index (χ3v) is 5.26. The molecular formula is C21H23F3N8O3. The maximum absolute atomic E-state index is 14.9. The van der Waals surface area contributed by atoms with E-state index in [2.05, 4.69) is 15.1 Å². The molecule has 0 atom stereocenters. The van der Waals surface area contributed by atoms with E-state index in [0.29, 0.717) is 31.1 Å². The van der Waals surface area contributed by atoms with Crippen LogP contribution in [0.2, 0.25) is 0 Å². The number of alkyl halides is 2. The molecule has 35 heavy (non-hydrogen) atoms. The third-order valence-electron chi connectivity index (χ3n) is 5.26. The van der Waals surface area contributed by atoms with Crippen molar-refractivity contribution in [3.63, 3.8) is 0 Å². The molecule has 2 aliphatic heterocycles. The molecule has 1 aromatic carbocycles. The van der Waals surface area contributed by atoms with Crippen molar-refractivity contribution < 1.29 is 27.5 Å². The van der Waals surface area contributed by atoms with Crippen LogP contribution >= 0.6 is 0 Å². The minimum absolute atomic E-state index is 0.136. The van der Waals surface area contributed by atoms with E-state index in [1.807, 2.05) is 10.2 Å². The number of hydrogen-bond donors (Lipinski definition) is 3. The summed E-state index contributed by atoms with van der Waals surface area (Å²) in [6.45, 7) is 0.732. The number of guanidine groups is 1. The molecule has 186 valence electrons. The number of benzene rings is 1. The SMILES string of the molecule is N=C(N)NC(=O)OCc1cccc(-c2cnc(N3CC(=NOCCN4CC(F)(F)C4)C3)nc2)c1F. The number of nitrogens with zero attached hydrogens (tertiary/aromatic N) is 5. The lowest BCUT2D eigenvalue weighted by Crippen LogP contribution is -2.56. The van der Waals surface area contributed by atoms with Gasteiger partial charge in [-0.15, -0.1) is 0 Å². The van der Waals surface area contributed by atoms with E-state index in [-0.39, 0.29) is 37.4 Å². The number of carbonyl (C=O) groups excluding carboxylic acids is 1. The number of nitrogens with one attached hydrogen (secondary N) is 2. The molecule has 1 amide bonds. The molecule has 0 aliphatic carbocycles. The summed E-state index contributed by atoms with van der Waals surface area (Å²) >= 11 is 0. The zero-order valence-corrected chi connectivity index (χ0v) is 18.5. The van der Waals surface area contributed by atoms with Crippen molar-refractivity contribution in [1.82, 2.24) is 20.2 Å². The second kappa shape index (κ2) is 10.1. The van der Waals surface area contributed by atoms with Crippen LogP contribution in [-0.2, 0) is 16.2 Å². The van der Waals surface area contributed by atoms with E-state index in [0.717, 1.165) is 5.71 Å². The predicted octanol–water partition coefficient (Wildman–Crippen LogP) is 1.55. The number of likely N-dealkylation sites (tertiary alicyclic amines) is 1. The highest BCUT2D eigenvalue weighted by Gasteiger charge is 2.43. The summed E-state index contributed by atoms with van der Waals surface area (Å²) in [6.07, 6.45) is 2.02. The maximum Gasteiger partial charge on any atom is 0.414 e. The van der Waals surface area contributed by atoms with Gasteiger partial charge in [-0.25, -0.2) is 27.9 Å². The maximum atomic E-state index is 14.9. The number of aromatic nitrogens is 2. The fraction of sp³-hybridized carbons (Fsp3) is 0.381.